The SMILES string of the molecule is COc1ccc(-c2noc(COC(=O)CCC(=O)c3ccc(C)cc3)n2)c(OC)c1. The fraction of sp³-hybridized carbons (Fsp3) is 0.273. The minimum atomic E-state index is -0.516. The lowest BCUT2D eigenvalue weighted by Gasteiger charge is -2.07. The highest BCUT2D eigenvalue weighted by Crippen LogP contribution is 2.31. The van der Waals surface area contributed by atoms with Crippen LogP contribution in [-0.2, 0) is 16.1 Å². The Balaban J connectivity index is 1.53. The van der Waals surface area contributed by atoms with Gasteiger partial charge in [-0.25, -0.2) is 0 Å². The zero-order valence-electron chi connectivity index (χ0n) is 17.0. The van der Waals surface area contributed by atoms with Crippen molar-refractivity contribution in [3.63, 3.8) is 0 Å². The van der Waals surface area contributed by atoms with E-state index >= 15 is 0 Å². The minimum absolute atomic E-state index is 0.0278. The first-order valence-corrected chi connectivity index (χ1v) is 9.30. The summed E-state index contributed by atoms with van der Waals surface area (Å²) in [4.78, 5) is 28.3. The second-order valence-corrected chi connectivity index (χ2v) is 6.53. The van der Waals surface area contributed by atoms with E-state index in [1.807, 2.05) is 19.1 Å². The molecule has 1 aromatic heterocycles. The molecule has 2 aromatic carbocycles. The fourth-order valence-electron chi connectivity index (χ4n) is 2.72. The Bertz CT molecular complexity index is 1030. The van der Waals surface area contributed by atoms with Crippen molar-refractivity contribution in [3.8, 4) is 22.9 Å². The van der Waals surface area contributed by atoms with Crippen LogP contribution in [0.15, 0.2) is 47.0 Å². The Kier molecular flexibility index (Phi) is 6.79. The summed E-state index contributed by atoms with van der Waals surface area (Å²) in [7, 11) is 3.09. The van der Waals surface area contributed by atoms with E-state index in [0.717, 1.165) is 5.56 Å². The molecule has 0 unspecified atom stereocenters. The zero-order valence-corrected chi connectivity index (χ0v) is 17.0. The summed E-state index contributed by atoms with van der Waals surface area (Å²) in [5.74, 6) is 0.966. The number of aromatic nitrogens is 2. The van der Waals surface area contributed by atoms with Crippen LogP contribution < -0.4 is 9.47 Å². The summed E-state index contributed by atoms with van der Waals surface area (Å²) >= 11 is 0. The van der Waals surface area contributed by atoms with Crippen LogP contribution in [0.3, 0.4) is 0 Å². The largest absolute Gasteiger partial charge is 0.497 e. The van der Waals surface area contributed by atoms with Crippen LogP contribution in [0.2, 0.25) is 0 Å². The molecule has 0 aliphatic heterocycles. The van der Waals surface area contributed by atoms with Crippen LogP contribution in [0, 0.1) is 6.92 Å². The second kappa shape index (κ2) is 9.69. The number of carbonyl (C=O) groups excluding carboxylic acids is 2. The van der Waals surface area contributed by atoms with Crippen LogP contribution in [0.5, 0.6) is 11.5 Å². The number of hydrogen-bond acceptors (Lipinski definition) is 8. The number of benzene rings is 2. The quantitative estimate of drug-likeness (QED) is 0.388. The molecule has 3 aromatic rings. The van der Waals surface area contributed by atoms with Gasteiger partial charge in [-0.2, -0.15) is 4.98 Å². The number of ketones is 1. The van der Waals surface area contributed by atoms with Crippen molar-refractivity contribution in [3.05, 3.63) is 59.5 Å². The Morgan fingerprint density at radius 1 is 1.00 bits per heavy atom. The lowest BCUT2D eigenvalue weighted by Crippen LogP contribution is -2.08. The maximum absolute atomic E-state index is 12.1. The van der Waals surface area contributed by atoms with Gasteiger partial charge >= 0.3 is 5.97 Å². The number of Topliss-reactive ketones (excluding diaryl/α,β-unsaturated/α-hetero) is 1. The molecule has 30 heavy (non-hydrogen) atoms. The van der Waals surface area contributed by atoms with Gasteiger partial charge in [0, 0.05) is 18.1 Å². The molecule has 8 nitrogen and oxygen atoms in total. The van der Waals surface area contributed by atoms with Gasteiger partial charge < -0.3 is 18.7 Å². The first-order chi connectivity index (χ1) is 14.5. The van der Waals surface area contributed by atoms with Gasteiger partial charge in [-0.15, -0.1) is 0 Å². The van der Waals surface area contributed by atoms with Gasteiger partial charge in [-0.1, -0.05) is 35.0 Å². The van der Waals surface area contributed by atoms with E-state index in [4.69, 9.17) is 18.7 Å². The van der Waals surface area contributed by atoms with E-state index in [2.05, 4.69) is 10.1 Å². The van der Waals surface area contributed by atoms with Gasteiger partial charge in [0.05, 0.1) is 26.2 Å². The number of carbonyl (C=O) groups is 2. The summed E-state index contributed by atoms with van der Waals surface area (Å²) in [6.07, 6.45) is 0.0417. The molecule has 0 saturated carbocycles. The smallest absolute Gasteiger partial charge is 0.306 e. The van der Waals surface area contributed by atoms with Gasteiger partial charge in [0.25, 0.3) is 5.89 Å². The van der Waals surface area contributed by atoms with Crippen molar-refractivity contribution in [2.45, 2.75) is 26.4 Å². The van der Waals surface area contributed by atoms with Crippen molar-refractivity contribution >= 4 is 11.8 Å². The molecule has 1 heterocycles. The van der Waals surface area contributed by atoms with Crippen LogP contribution in [0.25, 0.3) is 11.4 Å². The summed E-state index contributed by atoms with van der Waals surface area (Å²) in [6.45, 7) is 1.77. The molecule has 0 saturated heterocycles. The number of ether oxygens (including phenoxy) is 3. The van der Waals surface area contributed by atoms with Crippen molar-refractivity contribution in [2.75, 3.05) is 14.2 Å². The molecule has 3 rings (SSSR count). The van der Waals surface area contributed by atoms with Gasteiger partial charge in [-0.05, 0) is 19.1 Å². The van der Waals surface area contributed by atoms with E-state index in [9.17, 15) is 9.59 Å². The number of rotatable bonds is 9. The van der Waals surface area contributed by atoms with E-state index < -0.39 is 5.97 Å². The fourth-order valence-corrected chi connectivity index (χ4v) is 2.72. The molecule has 0 atom stereocenters. The lowest BCUT2D eigenvalue weighted by atomic mass is 10.1. The Labute approximate surface area is 173 Å². The molecule has 8 heteroatoms. The standard InChI is InChI=1S/C22H22N2O6/c1-14-4-6-15(7-5-14)18(25)10-11-21(26)29-13-20-23-22(24-30-20)17-9-8-16(27-2)12-19(17)28-3/h4-9,12H,10-11,13H2,1-3H3. The monoisotopic (exact) mass is 410 g/mol. The number of aryl methyl sites for hydroxylation is 1. The molecule has 0 amide bonds. The molecular formula is C22H22N2O6. The van der Waals surface area contributed by atoms with Crippen molar-refractivity contribution in [1.29, 1.82) is 0 Å². The molecule has 156 valence electrons. The van der Waals surface area contributed by atoms with Crippen LogP contribution in [-0.4, -0.2) is 36.1 Å². The zero-order chi connectivity index (χ0) is 21.5. The summed E-state index contributed by atoms with van der Waals surface area (Å²) in [5, 5.41) is 3.90. The predicted octanol–water partition coefficient (Wildman–Crippen LogP) is 3.77. The third-order valence-corrected chi connectivity index (χ3v) is 4.40. The molecule has 0 fully saturated rings. The van der Waals surface area contributed by atoms with Crippen LogP contribution in [0.4, 0.5) is 0 Å². The molecule has 0 N–H and O–H groups in total. The number of hydrogen-bond donors (Lipinski definition) is 0. The highest BCUT2D eigenvalue weighted by atomic mass is 16.6. The second-order valence-electron chi connectivity index (χ2n) is 6.53. The number of nitrogens with zero attached hydrogens (tertiary/aromatic N) is 2. The van der Waals surface area contributed by atoms with Crippen LogP contribution >= 0.6 is 0 Å². The minimum Gasteiger partial charge on any atom is -0.497 e. The van der Waals surface area contributed by atoms with E-state index in [1.54, 1.807) is 37.4 Å². The van der Waals surface area contributed by atoms with E-state index in [1.165, 1.54) is 7.11 Å². The molecule has 0 bridgehead atoms. The van der Waals surface area contributed by atoms with Crippen molar-refractivity contribution in [2.24, 2.45) is 0 Å². The molecule has 0 aliphatic rings. The molecular weight excluding hydrogens is 388 g/mol. The van der Waals surface area contributed by atoms with Crippen LogP contribution in [0.1, 0.15) is 34.7 Å². The summed E-state index contributed by atoms with van der Waals surface area (Å²) < 4.78 is 20.8. The summed E-state index contributed by atoms with van der Waals surface area (Å²) in [6, 6.07) is 12.4. The molecule has 0 radical (unpaired) electrons. The third-order valence-electron chi connectivity index (χ3n) is 4.40. The average molecular weight is 410 g/mol. The Morgan fingerprint density at radius 2 is 1.77 bits per heavy atom. The predicted molar refractivity (Wildman–Crippen MR) is 107 cm³/mol. The first-order valence-electron chi connectivity index (χ1n) is 9.30. The van der Waals surface area contributed by atoms with Crippen molar-refractivity contribution < 1.29 is 28.3 Å². The number of methoxy groups -OCH3 is 2. The molecule has 0 aliphatic carbocycles. The average Bonchev–Trinajstić information content (AvgIpc) is 3.24. The number of esters is 1. The van der Waals surface area contributed by atoms with Gasteiger partial charge in [0.1, 0.15) is 11.5 Å². The van der Waals surface area contributed by atoms with E-state index in [-0.39, 0.29) is 31.1 Å². The lowest BCUT2D eigenvalue weighted by molar-refractivity contribution is -0.145. The maximum Gasteiger partial charge on any atom is 0.306 e. The van der Waals surface area contributed by atoms with Crippen molar-refractivity contribution in [1.82, 2.24) is 10.1 Å². The highest BCUT2D eigenvalue weighted by molar-refractivity contribution is 5.97. The Morgan fingerprint density at radius 3 is 2.47 bits per heavy atom. The summed E-state index contributed by atoms with van der Waals surface area (Å²) in [5.41, 5.74) is 2.25. The Hall–Kier alpha value is -3.68. The molecule has 0 spiro atoms. The highest BCUT2D eigenvalue weighted by Gasteiger charge is 2.16. The third kappa shape index (κ3) is 5.22. The van der Waals surface area contributed by atoms with Gasteiger partial charge in [-0.3, -0.25) is 9.59 Å². The first kappa shape index (κ1) is 21.0. The van der Waals surface area contributed by atoms with E-state index in [0.29, 0.717) is 28.5 Å². The normalized spacial score (nSPS) is 10.5. The maximum atomic E-state index is 12.1. The van der Waals surface area contributed by atoms with Gasteiger partial charge in [0.15, 0.2) is 12.4 Å². The van der Waals surface area contributed by atoms with Gasteiger partial charge in [0.2, 0.25) is 5.82 Å². The topological polar surface area (TPSA) is 101 Å².